The summed E-state index contributed by atoms with van der Waals surface area (Å²) in [5, 5.41) is 11.0. The number of nitrogens with zero attached hydrogens (tertiary/aromatic N) is 3. The molecule has 0 spiro atoms. The van der Waals surface area contributed by atoms with Gasteiger partial charge in [0, 0.05) is 16.7 Å². The number of hydrogen-bond acceptors (Lipinski definition) is 5. The van der Waals surface area contributed by atoms with Crippen molar-refractivity contribution in [2.75, 3.05) is 5.32 Å². The summed E-state index contributed by atoms with van der Waals surface area (Å²) in [5.74, 6) is 1.00. The monoisotopic (exact) mass is 395 g/mol. The predicted molar refractivity (Wildman–Crippen MR) is 114 cm³/mol. The van der Waals surface area contributed by atoms with Crippen molar-refractivity contribution in [2.24, 2.45) is 0 Å². The predicted octanol–water partition coefficient (Wildman–Crippen LogP) is 4.84. The van der Waals surface area contributed by atoms with Gasteiger partial charge in [-0.2, -0.15) is 0 Å². The number of aromatic nitrogens is 4. The molecule has 5 rings (SSSR count). The molecule has 0 radical (unpaired) electrons. The van der Waals surface area contributed by atoms with Crippen molar-refractivity contribution in [3.05, 3.63) is 83.9 Å². The van der Waals surface area contributed by atoms with Crippen molar-refractivity contribution in [3.8, 4) is 22.9 Å². The second-order valence-electron chi connectivity index (χ2n) is 6.91. The lowest BCUT2D eigenvalue weighted by molar-refractivity contribution is 0.102. The van der Waals surface area contributed by atoms with Crippen LogP contribution < -0.4 is 5.32 Å². The number of rotatable bonds is 4. The zero-order chi connectivity index (χ0) is 20.5. The standard InChI is InChI=1S/C23H17N5O2/c1-14-6-8-16(9-7-14)21-27-28-22(30-21)17-12-10-15(11-13-17)20(29)26-23-24-18-4-2-3-5-19(18)25-23/h2-13H,1H3,(H2,24,25,26,29). The van der Waals surface area contributed by atoms with Crippen molar-refractivity contribution in [1.82, 2.24) is 20.2 Å². The third-order valence-electron chi connectivity index (χ3n) is 4.74. The number of anilines is 1. The average molecular weight is 395 g/mol. The van der Waals surface area contributed by atoms with Gasteiger partial charge in [0.1, 0.15) is 0 Å². The third kappa shape index (κ3) is 3.44. The Bertz CT molecular complexity index is 1300. The largest absolute Gasteiger partial charge is 0.416 e. The van der Waals surface area contributed by atoms with Crippen LogP contribution >= 0.6 is 0 Å². The van der Waals surface area contributed by atoms with Crippen LogP contribution in [0.4, 0.5) is 5.95 Å². The van der Waals surface area contributed by atoms with Crippen LogP contribution in [0.15, 0.2) is 77.2 Å². The maximum absolute atomic E-state index is 12.5. The molecule has 3 aromatic carbocycles. The van der Waals surface area contributed by atoms with Crippen LogP contribution in [0.25, 0.3) is 33.9 Å². The normalized spacial score (nSPS) is 11.0. The Morgan fingerprint density at radius 1 is 0.867 bits per heavy atom. The number of amides is 1. The summed E-state index contributed by atoms with van der Waals surface area (Å²) < 4.78 is 5.79. The first-order valence-electron chi connectivity index (χ1n) is 9.43. The fourth-order valence-electron chi connectivity index (χ4n) is 3.11. The van der Waals surface area contributed by atoms with E-state index in [0.29, 0.717) is 23.3 Å². The second kappa shape index (κ2) is 7.29. The van der Waals surface area contributed by atoms with Crippen molar-refractivity contribution < 1.29 is 9.21 Å². The molecule has 0 aliphatic rings. The zero-order valence-corrected chi connectivity index (χ0v) is 16.1. The Labute approximate surface area is 171 Å². The number of hydrogen-bond donors (Lipinski definition) is 2. The van der Waals surface area contributed by atoms with Crippen LogP contribution in [0.1, 0.15) is 15.9 Å². The number of benzene rings is 3. The highest BCUT2D eigenvalue weighted by atomic mass is 16.4. The minimum absolute atomic E-state index is 0.258. The van der Waals surface area contributed by atoms with Crippen molar-refractivity contribution in [3.63, 3.8) is 0 Å². The van der Waals surface area contributed by atoms with E-state index in [9.17, 15) is 4.79 Å². The van der Waals surface area contributed by atoms with Crippen molar-refractivity contribution in [1.29, 1.82) is 0 Å². The van der Waals surface area contributed by atoms with Crippen LogP contribution in [0.2, 0.25) is 0 Å². The molecule has 0 saturated carbocycles. The smallest absolute Gasteiger partial charge is 0.257 e. The van der Waals surface area contributed by atoms with Gasteiger partial charge in [-0.15, -0.1) is 10.2 Å². The lowest BCUT2D eigenvalue weighted by atomic mass is 10.1. The molecule has 0 unspecified atom stereocenters. The van der Waals surface area contributed by atoms with Gasteiger partial charge in [0.15, 0.2) is 0 Å². The van der Waals surface area contributed by atoms with Crippen molar-refractivity contribution in [2.45, 2.75) is 6.92 Å². The number of fused-ring (bicyclic) bond motifs is 1. The maximum atomic E-state index is 12.5. The summed E-state index contributed by atoms with van der Waals surface area (Å²) in [6, 6.07) is 22.4. The van der Waals surface area contributed by atoms with Crippen LogP contribution in [0, 0.1) is 6.92 Å². The highest BCUT2D eigenvalue weighted by molar-refractivity contribution is 6.04. The molecule has 7 nitrogen and oxygen atoms in total. The molecule has 1 amide bonds. The number of imidazole rings is 1. The first kappa shape index (κ1) is 17.8. The summed E-state index contributed by atoms with van der Waals surface area (Å²) in [7, 11) is 0. The Morgan fingerprint density at radius 2 is 1.50 bits per heavy atom. The fraction of sp³-hybridized carbons (Fsp3) is 0.0435. The molecule has 0 saturated heterocycles. The number of aryl methyl sites for hydroxylation is 1. The number of carbonyl (C=O) groups is 1. The van der Waals surface area contributed by atoms with Gasteiger partial charge in [-0.25, -0.2) is 4.98 Å². The van der Waals surface area contributed by atoms with Gasteiger partial charge >= 0.3 is 0 Å². The quantitative estimate of drug-likeness (QED) is 0.454. The van der Waals surface area contributed by atoms with E-state index < -0.39 is 0 Å². The lowest BCUT2D eigenvalue weighted by Crippen LogP contribution is -2.12. The van der Waals surface area contributed by atoms with Gasteiger partial charge in [0.25, 0.3) is 5.91 Å². The Morgan fingerprint density at radius 3 is 2.17 bits per heavy atom. The van der Waals surface area contributed by atoms with E-state index in [-0.39, 0.29) is 5.91 Å². The summed E-state index contributed by atoms with van der Waals surface area (Å²) in [4.78, 5) is 20.0. The summed E-state index contributed by atoms with van der Waals surface area (Å²) >= 11 is 0. The molecule has 7 heteroatoms. The lowest BCUT2D eigenvalue weighted by Gasteiger charge is -2.02. The minimum atomic E-state index is -0.258. The molecule has 0 bridgehead atoms. The van der Waals surface area contributed by atoms with Gasteiger partial charge in [-0.05, 0) is 55.5 Å². The molecule has 0 aliphatic heterocycles. The van der Waals surface area contributed by atoms with E-state index in [4.69, 9.17) is 4.42 Å². The highest BCUT2D eigenvalue weighted by Gasteiger charge is 2.13. The minimum Gasteiger partial charge on any atom is -0.416 e. The molecule has 0 fully saturated rings. The average Bonchev–Trinajstić information content (AvgIpc) is 3.41. The fourth-order valence-corrected chi connectivity index (χ4v) is 3.11. The van der Waals surface area contributed by atoms with E-state index in [1.165, 1.54) is 0 Å². The van der Waals surface area contributed by atoms with Crippen LogP contribution in [0.5, 0.6) is 0 Å². The van der Waals surface area contributed by atoms with Crippen LogP contribution in [-0.4, -0.2) is 26.1 Å². The first-order valence-corrected chi connectivity index (χ1v) is 9.43. The number of nitrogens with one attached hydrogen (secondary N) is 2. The van der Waals surface area contributed by atoms with Gasteiger partial charge in [0.05, 0.1) is 11.0 Å². The SMILES string of the molecule is Cc1ccc(-c2nnc(-c3ccc(C(=O)Nc4nc5ccccc5[nH]4)cc3)o2)cc1. The molecule has 0 aliphatic carbocycles. The van der Waals surface area contributed by atoms with E-state index in [1.54, 1.807) is 24.3 Å². The van der Waals surface area contributed by atoms with Gasteiger partial charge in [-0.3, -0.25) is 10.1 Å². The number of aromatic amines is 1. The summed E-state index contributed by atoms with van der Waals surface area (Å²) in [5.41, 5.74) is 4.92. The molecule has 5 aromatic rings. The molecule has 2 aromatic heterocycles. The molecule has 2 heterocycles. The van der Waals surface area contributed by atoms with Crippen LogP contribution in [0.3, 0.4) is 0 Å². The van der Waals surface area contributed by atoms with Crippen LogP contribution in [-0.2, 0) is 0 Å². The van der Waals surface area contributed by atoms with Gasteiger partial charge in [0.2, 0.25) is 17.7 Å². The summed E-state index contributed by atoms with van der Waals surface area (Å²) in [6.07, 6.45) is 0. The molecule has 30 heavy (non-hydrogen) atoms. The molecule has 2 N–H and O–H groups in total. The van der Waals surface area contributed by atoms with E-state index in [2.05, 4.69) is 25.5 Å². The number of H-pyrrole nitrogens is 1. The van der Waals surface area contributed by atoms with E-state index >= 15 is 0 Å². The van der Waals surface area contributed by atoms with Gasteiger partial charge in [-0.1, -0.05) is 29.8 Å². The molecular formula is C23H17N5O2. The molecule has 146 valence electrons. The number of para-hydroxylation sites is 2. The first-order chi connectivity index (χ1) is 14.7. The number of carbonyl (C=O) groups excluding carboxylic acids is 1. The highest BCUT2D eigenvalue weighted by Crippen LogP contribution is 2.24. The van der Waals surface area contributed by atoms with E-state index in [0.717, 1.165) is 27.7 Å². The van der Waals surface area contributed by atoms with Crippen molar-refractivity contribution >= 4 is 22.9 Å². The Kier molecular flexibility index (Phi) is 4.33. The Balaban J connectivity index is 1.32. The third-order valence-corrected chi connectivity index (χ3v) is 4.74. The maximum Gasteiger partial charge on any atom is 0.257 e. The zero-order valence-electron chi connectivity index (χ0n) is 16.1. The second-order valence-corrected chi connectivity index (χ2v) is 6.91. The molecule has 0 atom stereocenters. The Hall–Kier alpha value is -4.26. The van der Waals surface area contributed by atoms with E-state index in [1.807, 2.05) is 55.5 Å². The van der Waals surface area contributed by atoms with Gasteiger partial charge < -0.3 is 9.40 Å². The topological polar surface area (TPSA) is 96.7 Å². The molecular weight excluding hydrogens is 378 g/mol. The summed E-state index contributed by atoms with van der Waals surface area (Å²) in [6.45, 7) is 2.02.